The minimum Gasteiger partial charge on any atom is -0.357 e. The summed E-state index contributed by atoms with van der Waals surface area (Å²) in [5.74, 6) is 0.946. The smallest absolute Gasteiger partial charge is 0.156 e. The van der Waals surface area contributed by atoms with Crippen LogP contribution in [0.4, 0.5) is 0 Å². The van der Waals surface area contributed by atoms with E-state index in [0.717, 1.165) is 33.9 Å². The molecular weight excluding hydrogens is 514 g/mol. The molecule has 5 nitrogen and oxygen atoms in total. The SMILES string of the molecule is CC1(C)c2ccccc2-c2cccc(-c3[nH][nH]c(-n4c5ccccc5c5cc6ccccc6cc54)c4[nH]cc[nH]c3-4)c21. The van der Waals surface area contributed by atoms with Crippen LogP contribution in [0.1, 0.15) is 25.0 Å². The molecule has 9 rings (SSSR count). The third-order valence-corrected chi connectivity index (χ3v) is 9.19. The Bertz CT molecular complexity index is 2350. The number of fused-ring (bicyclic) bond motifs is 8. The summed E-state index contributed by atoms with van der Waals surface area (Å²) < 4.78 is 2.33. The van der Waals surface area contributed by atoms with E-state index < -0.39 is 0 Å². The number of nitrogens with one attached hydrogen (secondary N) is 4. The molecule has 1 aromatic heterocycles. The van der Waals surface area contributed by atoms with Crippen LogP contribution in [-0.4, -0.2) is 24.7 Å². The summed E-state index contributed by atoms with van der Waals surface area (Å²) in [6.45, 7) is 4.67. The van der Waals surface area contributed by atoms with Gasteiger partial charge in [-0.05, 0) is 51.2 Å². The highest BCUT2D eigenvalue weighted by Crippen LogP contribution is 2.52. The Balaban J connectivity index is 1.34. The van der Waals surface area contributed by atoms with Gasteiger partial charge in [-0.15, -0.1) is 0 Å². The number of hydrogen-bond donors (Lipinski definition) is 4. The Kier molecular flexibility index (Phi) is 4.61. The number of H-pyrrole nitrogens is 4. The lowest BCUT2D eigenvalue weighted by molar-refractivity contribution is 0.661. The third kappa shape index (κ3) is 3.02. The second-order valence-electron chi connectivity index (χ2n) is 11.8. The molecule has 42 heavy (non-hydrogen) atoms. The maximum Gasteiger partial charge on any atom is 0.156 e. The lowest BCUT2D eigenvalue weighted by atomic mass is 9.79. The van der Waals surface area contributed by atoms with Crippen molar-refractivity contribution in [3.63, 3.8) is 0 Å². The van der Waals surface area contributed by atoms with Crippen LogP contribution in [0.5, 0.6) is 0 Å². The molecule has 1 aliphatic carbocycles. The van der Waals surface area contributed by atoms with Crippen molar-refractivity contribution < 1.29 is 0 Å². The maximum atomic E-state index is 3.65. The molecule has 0 radical (unpaired) electrons. The molecule has 0 saturated carbocycles. The van der Waals surface area contributed by atoms with Crippen LogP contribution in [0.25, 0.3) is 72.2 Å². The molecule has 6 aromatic rings. The molecular formula is C37H29N5. The molecule has 3 aliphatic rings. The van der Waals surface area contributed by atoms with Crippen molar-refractivity contribution in [1.29, 1.82) is 0 Å². The molecule has 0 atom stereocenters. The maximum absolute atomic E-state index is 3.65. The van der Waals surface area contributed by atoms with Crippen LogP contribution in [0.15, 0.2) is 116 Å². The summed E-state index contributed by atoms with van der Waals surface area (Å²) in [6.07, 6.45) is 3.92. The lowest BCUT2D eigenvalue weighted by Gasteiger charge is -2.26. The first kappa shape index (κ1) is 23.3. The second kappa shape index (κ2) is 8.30. The zero-order chi connectivity index (χ0) is 28.0. The van der Waals surface area contributed by atoms with Crippen LogP contribution >= 0.6 is 0 Å². The van der Waals surface area contributed by atoms with Gasteiger partial charge in [0.1, 0.15) is 5.69 Å². The van der Waals surface area contributed by atoms with Crippen LogP contribution in [0.3, 0.4) is 0 Å². The number of hydrogen-bond acceptors (Lipinski definition) is 0. The van der Waals surface area contributed by atoms with Gasteiger partial charge in [0, 0.05) is 34.1 Å². The fourth-order valence-corrected chi connectivity index (χ4v) is 7.35. The van der Waals surface area contributed by atoms with E-state index in [-0.39, 0.29) is 5.41 Å². The summed E-state index contributed by atoms with van der Waals surface area (Å²) in [6, 6.07) is 37.3. The Labute approximate surface area is 242 Å². The average molecular weight is 544 g/mol. The molecule has 5 aromatic carbocycles. The fraction of sp³-hybridized carbons (Fsp3) is 0.0811. The average Bonchev–Trinajstić information content (AvgIpc) is 3.48. The topological polar surface area (TPSA) is 68.1 Å². The van der Waals surface area contributed by atoms with Gasteiger partial charge >= 0.3 is 0 Å². The van der Waals surface area contributed by atoms with Crippen LogP contribution in [0.2, 0.25) is 0 Å². The Hall–Kier alpha value is -5.42. The van der Waals surface area contributed by atoms with Crippen molar-refractivity contribution in [3.8, 4) is 39.6 Å². The zero-order valence-electron chi connectivity index (χ0n) is 23.4. The van der Waals surface area contributed by atoms with Crippen molar-refractivity contribution in [2.45, 2.75) is 19.3 Å². The summed E-state index contributed by atoms with van der Waals surface area (Å²) in [7, 11) is 0. The van der Waals surface area contributed by atoms with E-state index in [9.17, 15) is 0 Å². The number of aromatic amines is 4. The quantitative estimate of drug-likeness (QED) is 0.168. The molecule has 4 N–H and O–H groups in total. The molecule has 2 aliphatic heterocycles. The number of aromatic nitrogens is 5. The van der Waals surface area contributed by atoms with E-state index in [1.165, 1.54) is 49.4 Å². The predicted octanol–water partition coefficient (Wildman–Crippen LogP) is 9.45. The van der Waals surface area contributed by atoms with E-state index in [1.54, 1.807) is 0 Å². The van der Waals surface area contributed by atoms with E-state index in [0.29, 0.717) is 0 Å². The molecule has 0 amide bonds. The number of benzene rings is 5. The number of rotatable bonds is 2. The Morgan fingerprint density at radius 2 is 1.24 bits per heavy atom. The fourth-order valence-electron chi connectivity index (χ4n) is 7.35. The van der Waals surface area contributed by atoms with Gasteiger partial charge < -0.3 is 9.97 Å². The normalized spacial score (nSPS) is 13.7. The van der Waals surface area contributed by atoms with Crippen LogP contribution in [-0.2, 0) is 5.41 Å². The van der Waals surface area contributed by atoms with Crippen LogP contribution < -0.4 is 0 Å². The molecule has 0 fully saturated rings. The predicted molar refractivity (Wildman–Crippen MR) is 173 cm³/mol. The molecule has 0 bridgehead atoms. The van der Waals surface area contributed by atoms with Gasteiger partial charge in [-0.1, -0.05) is 98.8 Å². The highest BCUT2D eigenvalue weighted by Gasteiger charge is 2.38. The van der Waals surface area contributed by atoms with Gasteiger partial charge in [-0.25, -0.2) is 0 Å². The standard InChI is InChI=1S/C37H29N5/c1-37(2)29-16-7-5-12-24(29)26-14-9-15-27(32(26)37)33-34-35(39-19-18-38-34)36(41-40-33)42-30-17-8-6-13-25(30)28-20-22-10-3-4-11-23(22)21-31(28)42/h3-21,38-41H,1-2H3. The van der Waals surface area contributed by atoms with Crippen LogP contribution in [0, 0.1) is 0 Å². The van der Waals surface area contributed by atoms with E-state index in [2.05, 4.69) is 142 Å². The number of para-hydroxylation sites is 1. The zero-order valence-corrected chi connectivity index (χ0v) is 23.4. The van der Waals surface area contributed by atoms with Gasteiger partial charge in [0.25, 0.3) is 0 Å². The Morgan fingerprint density at radius 3 is 2.12 bits per heavy atom. The third-order valence-electron chi connectivity index (χ3n) is 9.19. The van der Waals surface area contributed by atoms with E-state index in [4.69, 9.17) is 0 Å². The highest BCUT2D eigenvalue weighted by atomic mass is 15.2. The van der Waals surface area contributed by atoms with E-state index in [1.807, 2.05) is 12.4 Å². The van der Waals surface area contributed by atoms with Crippen molar-refractivity contribution in [2.75, 3.05) is 0 Å². The first-order valence-electron chi connectivity index (χ1n) is 14.5. The molecule has 0 unspecified atom stereocenters. The lowest BCUT2D eigenvalue weighted by Crippen LogP contribution is -2.17. The number of nitrogens with zero attached hydrogens (tertiary/aromatic N) is 1. The summed E-state index contributed by atoms with van der Waals surface area (Å²) in [5, 5.41) is 12.2. The first-order chi connectivity index (χ1) is 20.6. The molecule has 5 heteroatoms. The Morgan fingerprint density at radius 1 is 0.548 bits per heavy atom. The highest BCUT2D eigenvalue weighted by molar-refractivity contribution is 6.13. The summed E-state index contributed by atoms with van der Waals surface area (Å²) in [4.78, 5) is 7.18. The van der Waals surface area contributed by atoms with Crippen molar-refractivity contribution in [2.24, 2.45) is 0 Å². The van der Waals surface area contributed by atoms with Gasteiger partial charge in [-0.3, -0.25) is 14.8 Å². The molecule has 0 saturated heterocycles. The van der Waals surface area contributed by atoms with Gasteiger partial charge in [0.05, 0.1) is 22.4 Å². The molecule has 0 spiro atoms. The minimum absolute atomic E-state index is 0.131. The minimum atomic E-state index is -0.131. The molecule has 3 heterocycles. The molecule has 202 valence electrons. The van der Waals surface area contributed by atoms with Crippen molar-refractivity contribution in [3.05, 3.63) is 127 Å². The van der Waals surface area contributed by atoms with Gasteiger partial charge in [0.2, 0.25) is 0 Å². The van der Waals surface area contributed by atoms with Gasteiger partial charge in [0.15, 0.2) is 5.82 Å². The van der Waals surface area contributed by atoms with Crippen molar-refractivity contribution in [1.82, 2.24) is 24.7 Å². The second-order valence-corrected chi connectivity index (χ2v) is 11.8. The monoisotopic (exact) mass is 543 g/mol. The van der Waals surface area contributed by atoms with E-state index >= 15 is 0 Å². The first-order valence-corrected chi connectivity index (χ1v) is 14.5. The largest absolute Gasteiger partial charge is 0.357 e. The van der Waals surface area contributed by atoms with Crippen molar-refractivity contribution >= 4 is 32.6 Å². The van der Waals surface area contributed by atoms with Gasteiger partial charge in [-0.2, -0.15) is 0 Å². The summed E-state index contributed by atoms with van der Waals surface area (Å²) >= 11 is 0. The summed E-state index contributed by atoms with van der Waals surface area (Å²) in [5.41, 5.74) is 11.7.